The van der Waals surface area contributed by atoms with Gasteiger partial charge in [0.25, 0.3) is 0 Å². The number of aromatic nitrogens is 1. The van der Waals surface area contributed by atoms with Crippen molar-refractivity contribution in [3.8, 4) is 0 Å². The monoisotopic (exact) mass is 137 g/mol. The fourth-order valence-electron chi connectivity index (χ4n) is 0.820. The summed E-state index contributed by atoms with van der Waals surface area (Å²) in [5.74, 6) is 0.433. The van der Waals surface area contributed by atoms with Crippen LogP contribution in [0.2, 0.25) is 0 Å². The number of hydrogen-bond donors (Lipinski definition) is 1. The summed E-state index contributed by atoms with van der Waals surface area (Å²) >= 11 is 0. The van der Waals surface area contributed by atoms with Gasteiger partial charge in [0.05, 0.1) is 0 Å². The van der Waals surface area contributed by atoms with E-state index in [-0.39, 0.29) is 5.56 Å². The molecule has 0 fully saturated rings. The lowest BCUT2D eigenvalue weighted by atomic mass is 10.1. The van der Waals surface area contributed by atoms with Gasteiger partial charge in [-0.05, 0) is 17.5 Å². The van der Waals surface area contributed by atoms with E-state index in [1.807, 2.05) is 6.07 Å². The SMILES string of the molecule is CC(C)c1cc[nH]c(=O)c1. The topological polar surface area (TPSA) is 32.9 Å². The van der Waals surface area contributed by atoms with E-state index in [2.05, 4.69) is 18.8 Å². The Morgan fingerprint density at radius 3 is 2.60 bits per heavy atom. The molecule has 1 rings (SSSR count). The van der Waals surface area contributed by atoms with E-state index >= 15 is 0 Å². The van der Waals surface area contributed by atoms with Crippen LogP contribution in [0.5, 0.6) is 0 Å². The van der Waals surface area contributed by atoms with Crippen LogP contribution in [0.1, 0.15) is 25.3 Å². The molecule has 0 unspecified atom stereocenters. The number of nitrogens with one attached hydrogen (secondary N) is 1. The lowest BCUT2D eigenvalue weighted by molar-refractivity contribution is 0.859. The Bertz CT molecular complexity index is 262. The molecule has 0 aliphatic carbocycles. The zero-order valence-electron chi connectivity index (χ0n) is 6.22. The van der Waals surface area contributed by atoms with Crippen LogP contribution >= 0.6 is 0 Å². The molecule has 2 heteroatoms. The van der Waals surface area contributed by atoms with Crippen molar-refractivity contribution in [2.75, 3.05) is 0 Å². The average molecular weight is 137 g/mol. The Kier molecular flexibility index (Phi) is 1.90. The van der Waals surface area contributed by atoms with Crippen molar-refractivity contribution < 1.29 is 0 Å². The Morgan fingerprint density at radius 1 is 1.50 bits per heavy atom. The Labute approximate surface area is 59.9 Å². The quantitative estimate of drug-likeness (QED) is 0.625. The molecule has 0 amide bonds. The summed E-state index contributed by atoms with van der Waals surface area (Å²) in [4.78, 5) is 13.3. The third kappa shape index (κ3) is 1.47. The third-order valence-electron chi connectivity index (χ3n) is 1.47. The average Bonchev–Trinajstić information content (AvgIpc) is 1.88. The molecule has 0 saturated carbocycles. The minimum Gasteiger partial charge on any atom is -0.329 e. The molecule has 0 aromatic carbocycles. The van der Waals surface area contributed by atoms with Gasteiger partial charge in [-0.3, -0.25) is 4.79 Å². The van der Waals surface area contributed by atoms with Crippen LogP contribution in [0.4, 0.5) is 0 Å². The molecule has 1 heterocycles. The van der Waals surface area contributed by atoms with Gasteiger partial charge in [-0.25, -0.2) is 0 Å². The number of rotatable bonds is 1. The van der Waals surface area contributed by atoms with Crippen molar-refractivity contribution in [3.05, 3.63) is 34.2 Å². The molecule has 1 N–H and O–H groups in total. The molecule has 54 valence electrons. The maximum absolute atomic E-state index is 10.7. The number of pyridine rings is 1. The van der Waals surface area contributed by atoms with Crippen LogP contribution < -0.4 is 5.56 Å². The first kappa shape index (κ1) is 7.06. The third-order valence-corrected chi connectivity index (χ3v) is 1.47. The number of H-pyrrole nitrogens is 1. The van der Waals surface area contributed by atoms with Crippen molar-refractivity contribution in [3.63, 3.8) is 0 Å². The van der Waals surface area contributed by atoms with Crippen LogP contribution in [0, 0.1) is 0 Å². The highest BCUT2D eigenvalue weighted by atomic mass is 16.1. The van der Waals surface area contributed by atoms with E-state index in [0.717, 1.165) is 5.56 Å². The second-order valence-corrected chi connectivity index (χ2v) is 2.64. The molecule has 1 aromatic rings. The Hall–Kier alpha value is -1.05. The molecular formula is C8H11NO. The highest BCUT2D eigenvalue weighted by molar-refractivity contribution is 5.13. The fraction of sp³-hybridized carbons (Fsp3) is 0.375. The Balaban J connectivity index is 3.07. The van der Waals surface area contributed by atoms with E-state index in [1.165, 1.54) is 0 Å². The number of aromatic amines is 1. The van der Waals surface area contributed by atoms with E-state index in [1.54, 1.807) is 12.3 Å². The summed E-state index contributed by atoms with van der Waals surface area (Å²) in [6, 6.07) is 3.55. The molecule has 1 aromatic heterocycles. The number of hydrogen-bond acceptors (Lipinski definition) is 1. The van der Waals surface area contributed by atoms with Gasteiger partial charge in [-0.2, -0.15) is 0 Å². The highest BCUT2D eigenvalue weighted by Gasteiger charge is 1.96. The molecule has 0 atom stereocenters. The van der Waals surface area contributed by atoms with E-state index in [4.69, 9.17) is 0 Å². The molecule has 0 bridgehead atoms. The molecule has 0 aliphatic heterocycles. The van der Waals surface area contributed by atoms with Gasteiger partial charge in [-0.15, -0.1) is 0 Å². The second kappa shape index (κ2) is 2.69. The smallest absolute Gasteiger partial charge is 0.248 e. The minimum absolute atomic E-state index is 0.0220. The molecule has 10 heavy (non-hydrogen) atoms. The lowest BCUT2D eigenvalue weighted by Gasteiger charge is -2.01. The largest absolute Gasteiger partial charge is 0.329 e. The van der Waals surface area contributed by atoms with Crippen LogP contribution in [-0.2, 0) is 0 Å². The van der Waals surface area contributed by atoms with Gasteiger partial charge in [0.15, 0.2) is 0 Å². The zero-order chi connectivity index (χ0) is 7.56. The molecule has 2 nitrogen and oxygen atoms in total. The summed E-state index contributed by atoms with van der Waals surface area (Å²) in [5, 5.41) is 0. The predicted molar refractivity (Wildman–Crippen MR) is 41.2 cm³/mol. The standard InChI is InChI=1S/C8H11NO/c1-6(2)7-3-4-9-8(10)5-7/h3-6H,1-2H3,(H,9,10). The van der Waals surface area contributed by atoms with E-state index in [0.29, 0.717) is 5.92 Å². The summed E-state index contributed by atoms with van der Waals surface area (Å²) < 4.78 is 0. The van der Waals surface area contributed by atoms with Crippen LogP contribution in [0.3, 0.4) is 0 Å². The summed E-state index contributed by atoms with van der Waals surface area (Å²) in [6.07, 6.45) is 1.68. The van der Waals surface area contributed by atoms with Crippen molar-refractivity contribution in [1.29, 1.82) is 0 Å². The maximum Gasteiger partial charge on any atom is 0.248 e. The van der Waals surface area contributed by atoms with Gasteiger partial charge in [-0.1, -0.05) is 13.8 Å². The molecule has 0 aliphatic rings. The predicted octanol–water partition coefficient (Wildman–Crippen LogP) is 1.50. The van der Waals surface area contributed by atoms with Crippen molar-refractivity contribution in [2.45, 2.75) is 19.8 Å². The molecular weight excluding hydrogens is 126 g/mol. The fourth-order valence-corrected chi connectivity index (χ4v) is 0.820. The first-order valence-electron chi connectivity index (χ1n) is 3.39. The van der Waals surface area contributed by atoms with E-state index < -0.39 is 0 Å². The molecule has 0 radical (unpaired) electrons. The van der Waals surface area contributed by atoms with Crippen LogP contribution in [-0.4, -0.2) is 4.98 Å². The lowest BCUT2D eigenvalue weighted by Crippen LogP contribution is -2.04. The van der Waals surface area contributed by atoms with Gasteiger partial charge in [0.1, 0.15) is 0 Å². The highest BCUT2D eigenvalue weighted by Crippen LogP contribution is 2.09. The van der Waals surface area contributed by atoms with Crippen LogP contribution in [0.25, 0.3) is 0 Å². The second-order valence-electron chi connectivity index (χ2n) is 2.64. The summed E-state index contributed by atoms with van der Waals surface area (Å²) in [5.41, 5.74) is 1.06. The van der Waals surface area contributed by atoms with Gasteiger partial charge < -0.3 is 4.98 Å². The van der Waals surface area contributed by atoms with E-state index in [9.17, 15) is 4.79 Å². The normalized spacial score (nSPS) is 10.3. The van der Waals surface area contributed by atoms with Crippen molar-refractivity contribution in [2.24, 2.45) is 0 Å². The van der Waals surface area contributed by atoms with Crippen molar-refractivity contribution >= 4 is 0 Å². The van der Waals surface area contributed by atoms with Crippen LogP contribution in [0.15, 0.2) is 23.1 Å². The zero-order valence-corrected chi connectivity index (χ0v) is 6.22. The molecule has 0 saturated heterocycles. The summed E-state index contributed by atoms with van der Waals surface area (Å²) in [6.45, 7) is 4.13. The first-order valence-corrected chi connectivity index (χ1v) is 3.39. The van der Waals surface area contributed by atoms with Gasteiger partial charge in [0, 0.05) is 12.3 Å². The van der Waals surface area contributed by atoms with Gasteiger partial charge >= 0.3 is 0 Å². The maximum atomic E-state index is 10.7. The minimum atomic E-state index is -0.0220. The van der Waals surface area contributed by atoms with Gasteiger partial charge in [0.2, 0.25) is 5.56 Å². The van der Waals surface area contributed by atoms with Crippen molar-refractivity contribution in [1.82, 2.24) is 4.98 Å². The summed E-state index contributed by atoms with van der Waals surface area (Å²) in [7, 11) is 0. The first-order chi connectivity index (χ1) is 4.70. The Morgan fingerprint density at radius 2 is 2.20 bits per heavy atom. The molecule has 0 spiro atoms.